The molecular weight excluding hydrogens is 194 g/mol. The van der Waals surface area contributed by atoms with E-state index in [9.17, 15) is 0 Å². The van der Waals surface area contributed by atoms with Crippen LogP contribution in [0.3, 0.4) is 0 Å². The number of fused-ring (bicyclic) bond motifs is 1. The molecule has 1 nitrogen and oxygen atoms in total. The molecule has 0 aliphatic heterocycles. The molecule has 0 radical (unpaired) electrons. The van der Waals surface area contributed by atoms with E-state index >= 15 is 0 Å². The van der Waals surface area contributed by atoms with Crippen molar-refractivity contribution in [2.45, 2.75) is 6.42 Å². The van der Waals surface area contributed by atoms with Crippen LogP contribution in [0.25, 0.3) is 5.57 Å². The average molecular weight is 207 g/mol. The molecule has 0 saturated carbocycles. The van der Waals surface area contributed by atoms with E-state index in [-0.39, 0.29) is 0 Å². The molecule has 1 aliphatic carbocycles. The Morgan fingerprint density at radius 2 is 1.50 bits per heavy atom. The smallest absolute Gasteiger partial charge is 0.0393 e. The van der Waals surface area contributed by atoms with E-state index in [1.165, 1.54) is 16.7 Å². The van der Waals surface area contributed by atoms with Crippen molar-refractivity contribution in [3.8, 4) is 0 Å². The third-order valence-corrected chi connectivity index (χ3v) is 3.08. The van der Waals surface area contributed by atoms with Crippen molar-refractivity contribution in [1.29, 1.82) is 0 Å². The van der Waals surface area contributed by atoms with Crippen molar-refractivity contribution in [3.05, 3.63) is 71.3 Å². The first-order valence-electron chi connectivity index (χ1n) is 5.49. The van der Waals surface area contributed by atoms with Crippen LogP contribution in [0.5, 0.6) is 0 Å². The first-order valence-corrected chi connectivity index (χ1v) is 5.49. The van der Waals surface area contributed by atoms with Gasteiger partial charge in [-0.25, -0.2) is 0 Å². The molecule has 1 heteroatoms. The van der Waals surface area contributed by atoms with E-state index < -0.39 is 0 Å². The highest BCUT2D eigenvalue weighted by Crippen LogP contribution is 2.34. The highest BCUT2D eigenvalue weighted by Gasteiger charge is 2.15. The van der Waals surface area contributed by atoms with E-state index in [1.54, 1.807) is 0 Å². The summed E-state index contributed by atoms with van der Waals surface area (Å²) in [5.41, 5.74) is 12.0. The lowest BCUT2D eigenvalue weighted by Crippen LogP contribution is -1.93. The molecule has 0 bridgehead atoms. The molecule has 0 fully saturated rings. The van der Waals surface area contributed by atoms with Crippen LogP contribution >= 0.6 is 0 Å². The van der Waals surface area contributed by atoms with Crippen LogP contribution in [-0.2, 0) is 6.42 Å². The lowest BCUT2D eigenvalue weighted by Gasteiger charge is -2.08. The highest BCUT2D eigenvalue weighted by molar-refractivity contribution is 5.89. The maximum absolute atomic E-state index is 6.02. The van der Waals surface area contributed by atoms with Crippen molar-refractivity contribution in [1.82, 2.24) is 0 Å². The van der Waals surface area contributed by atoms with Crippen molar-refractivity contribution in [2.75, 3.05) is 5.73 Å². The van der Waals surface area contributed by atoms with Crippen molar-refractivity contribution < 1.29 is 0 Å². The maximum Gasteiger partial charge on any atom is 0.0393 e. The van der Waals surface area contributed by atoms with Crippen LogP contribution in [-0.4, -0.2) is 0 Å². The number of nitrogens with two attached hydrogens (primary N) is 1. The van der Waals surface area contributed by atoms with Gasteiger partial charge in [-0.05, 0) is 29.2 Å². The lowest BCUT2D eigenvalue weighted by molar-refractivity contribution is 1.31. The Morgan fingerprint density at radius 1 is 0.812 bits per heavy atom. The second kappa shape index (κ2) is 3.53. The zero-order chi connectivity index (χ0) is 11.0. The SMILES string of the molecule is Nc1ccccc1C1=CCc2ccccc21. The van der Waals surface area contributed by atoms with Gasteiger partial charge in [0.25, 0.3) is 0 Å². The van der Waals surface area contributed by atoms with E-state index in [4.69, 9.17) is 5.73 Å². The van der Waals surface area contributed by atoms with Gasteiger partial charge in [0.05, 0.1) is 0 Å². The first kappa shape index (κ1) is 9.22. The Balaban J connectivity index is 2.15. The van der Waals surface area contributed by atoms with Crippen molar-refractivity contribution >= 4 is 11.3 Å². The zero-order valence-electron chi connectivity index (χ0n) is 8.98. The topological polar surface area (TPSA) is 26.0 Å². The lowest BCUT2D eigenvalue weighted by atomic mass is 9.98. The Hall–Kier alpha value is -2.02. The van der Waals surface area contributed by atoms with Gasteiger partial charge in [-0.2, -0.15) is 0 Å². The van der Waals surface area contributed by atoms with Gasteiger partial charge in [0.15, 0.2) is 0 Å². The summed E-state index contributed by atoms with van der Waals surface area (Å²) < 4.78 is 0. The monoisotopic (exact) mass is 207 g/mol. The number of nitrogen functional groups attached to an aromatic ring is 1. The van der Waals surface area contributed by atoms with Crippen LogP contribution in [0.15, 0.2) is 54.6 Å². The second-order valence-corrected chi connectivity index (χ2v) is 4.07. The fourth-order valence-corrected chi connectivity index (χ4v) is 2.28. The first-order chi connectivity index (χ1) is 7.86. The minimum absolute atomic E-state index is 0.852. The fraction of sp³-hybridized carbons (Fsp3) is 0.0667. The summed E-state index contributed by atoms with van der Waals surface area (Å²) in [5, 5.41) is 0. The number of hydrogen-bond acceptors (Lipinski definition) is 1. The summed E-state index contributed by atoms with van der Waals surface area (Å²) in [4.78, 5) is 0. The minimum Gasteiger partial charge on any atom is -0.398 e. The quantitative estimate of drug-likeness (QED) is 0.714. The molecule has 16 heavy (non-hydrogen) atoms. The second-order valence-electron chi connectivity index (χ2n) is 4.07. The van der Waals surface area contributed by atoms with Gasteiger partial charge in [0.2, 0.25) is 0 Å². The fourth-order valence-electron chi connectivity index (χ4n) is 2.28. The van der Waals surface area contributed by atoms with Crippen LogP contribution in [0.2, 0.25) is 0 Å². The molecule has 0 atom stereocenters. The number of rotatable bonds is 1. The molecule has 3 rings (SSSR count). The van der Waals surface area contributed by atoms with E-state index in [0.29, 0.717) is 0 Å². The van der Waals surface area contributed by atoms with Crippen LogP contribution in [0, 0.1) is 0 Å². The van der Waals surface area contributed by atoms with E-state index in [2.05, 4.69) is 36.4 Å². The Kier molecular flexibility index (Phi) is 2.03. The predicted molar refractivity (Wildman–Crippen MR) is 68.1 cm³/mol. The maximum atomic E-state index is 6.02. The third kappa shape index (κ3) is 1.33. The summed E-state index contributed by atoms with van der Waals surface area (Å²) in [6, 6.07) is 16.6. The largest absolute Gasteiger partial charge is 0.398 e. The molecule has 78 valence electrons. The number of hydrogen-bond donors (Lipinski definition) is 1. The normalized spacial score (nSPS) is 13.4. The van der Waals surface area contributed by atoms with E-state index in [1.807, 2.05) is 18.2 Å². The van der Waals surface area contributed by atoms with Crippen molar-refractivity contribution in [3.63, 3.8) is 0 Å². The number of benzene rings is 2. The highest BCUT2D eigenvalue weighted by atomic mass is 14.6. The molecule has 2 aromatic rings. The Morgan fingerprint density at radius 3 is 2.31 bits per heavy atom. The van der Waals surface area contributed by atoms with Gasteiger partial charge >= 0.3 is 0 Å². The zero-order valence-corrected chi connectivity index (χ0v) is 8.98. The number of allylic oxidation sites excluding steroid dienone is 1. The molecular formula is C15H13N. The molecule has 2 N–H and O–H groups in total. The Labute approximate surface area is 95.2 Å². The third-order valence-electron chi connectivity index (χ3n) is 3.08. The number of para-hydroxylation sites is 1. The number of anilines is 1. The summed E-state index contributed by atoms with van der Waals surface area (Å²) >= 11 is 0. The molecule has 2 aromatic carbocycles. The Bertz CT molecular complexity index is 567. The van der Waals surface area contributed by atoms with Gasteiger partial charge < -0.3 is 5.73 Å². The molecule has 0 saturated heterocycles. The summed E-state index contributed by atoms with van der Waals surface area (Å²) in [7, 11) is 0. The van der Waals surface area contributed by atoms with Crippen LogP contribution < -0.4 is 5.73 Å². The standard InChI is InChI=1S/C15H13N/c16-15-8-4-3-7-14(15)13-10-9-11-5-1-2-6-12(11)13/h1-8,10H,9,16H2. The predicted octanol–water partition coefficient (Wildman–Crippen LogP) is 3.26. The van der Waals surface area contributed by atoms with E-state index in [0.717, 1.165) is 17.7 Å². The molecule has 0 unspecified atom stereocenters. The van der Waals surface area contributed by atoms with Gasteiger partial charge in [-0.1, -0.05) is 48.5 Å². The molecule has 0 amide bonds. The summed E-state index contributed by atoms with van der Waals surface area (Å²) in [5.74, 6) is 0. The van der Waals surface area contributed by atoms with Crippen LogP contribution in [0.4, 0.5) is 5.69 Å². The molecule has 1 aliphatic rings. The van der Waals surface area contributed by atoms with Gasteiger partial charge in [0.1, 0.15) is 0 Å². The van der Waals surface area contributed by atoms with Gasteiger partial charge in [0, 0.05) is 11.3 Å². The van der Waals surface area contributed by atoms with Gasteiger partial charge in [-0.15, -0.1) is 0 Å². The van der Waals surface area contributed by atoms with Gasteiger partial charge in [-0.3, -0.25) is 0 Å². The molecule has 0 spiro atoms. The van der Waals surface area contributed by atoms with Crippen LogP contribution in [0.1, 0.15) is 16.7 Å². The molecule has 0 aromatic heterocycles. The molecule has 0 heterocycles. The summed E-state index contributed by atoms with van der Waals surface area (Å²) in [6.45, 7) is 0. The summed E-state index contributed by atoms with van der Waals surface area (Å²) in [6.07, 6.45) is 3.27. The average Bonchev–Trinajstić information content (AvgIpc) is 2.74. The van der Waals surface area contributed by atoms with Crippen molar-refractivity contribution in [2.24, 2.45) is 0 Å². The minimum atomic E-state index is 0.852.